The maximum Gasteiger partial charge on any atom is 0.478 e. The number of nitrogens with one attached hydrogen (secondary N) is 1. The van der Waals surface area contributed by atoms with Gasteiger partial charge in [-0.3, -0.25) is 9.59 Å². The minimum Gasteiger partial charge on any atom is -0.426 e. The number of amides is 1. The van der Waals surface area contributed by atoms with Gasteiger partial charge in [-0.1, -0.05) is 23.4 Å². The van der Waals surface area contributed by atoms with E-state index < -0.39 is 25.1 Å². The first-order chi connectivity index (χ1) is 11.0. The summed E-state index contributed by atoms with van der Waals surface area (Å²) in [4.78, 5) is 23.9. The van der Waals surface area contributed by atoms with Crippen LogP contribution in [0.3, 0.4) is 0 Å². The first-order valence-electron chi connectivity index (χ1n) is 7.07. The Labute approximate surface area is 137 Å². The highest BCUT2D eigenvalue weighted by Gasteiger charge is 2.33. The van der Waals surface area contributed by atoms with E-state index in [1.807, 2.05) is 0 Å². The maximum absolute atomic E-state index is 12.2. The molecular weight excluding hydrogens is 319 g/mol. The average molecular weight is 336 g/mol. The van der Waals surface area contributed by atoms with Gasteiger partial charge in [0.15, 0.2) is 5.71 Å². The molecule has 1 amide bonds. The Morgan fingerprint density at radius 2 is 2.35 bits per heavy atom. The van der Waals surface area contributed by atoms with Gasteiger partial charge in [-0.15, -0.1) is 11.3 Å². The highest BCUT2D eigenvalue weighted by Crippen LogP contribution is 2.14. The molecule has 9 heteroatoms. The van der Waals surface area contributed by atoms with Crippen molar-refractivity contribution in [1.29, 1.82) is 0 Å². The van der Waals surface area contributed by atoms with Crippen LogP contribution in [0.25, 0.3) is 0 Å². The van der Waals surface area contributed by atoms with Gasteiger partial charge in [0, 0.05) is 6.42 Å². The summed E-state index contributed by atoms with van der Waals surface area (Å²) < 4.78 is 5.37. The molecule has 2 atom stereocenters. The van der Waals surface area contributed by atoms with Gasteiger partial charge in [-0.2, -0.15) is 0 Å². The second kappa shape index (κ2) is 8.05. The number of hydrogen-bond acceptors (Lipinski definition) is 7. The van der Waals surface area contributed by atoms with Crippen molar-refractivity contribution in [2.75, 3.05) is 0 Å². The molecule has 122 valence electrons. The molecule has 1 aliphatic heterocycles. The molecule has 23 heavy (non-hydrogen) atoms. The van der Waals surface area contributed by atoms with E-state index in [-0.39, 0.29) is 17.9 Å². The summed E-state index contributed by atoms with van der Waals surface area (Å²) in [5.41, 5.74) is -0.124. The van der Waals surface area contributed by atoms with Crippen LogP contribution in [0, 0.1) is 0 Å². The van der Waals surface area contributed by atoms with Crippen molar-refractivity contribution < 1.29 is 24.5 Å². The van der Waals surface area contributed by atoms with Gasteiger partial charge in [-0.25, -0.2) is 0 Å². The number of thiophene rings is 1. The number of rotatable bonds is 5. The van der Waals surface area contributed by atoms with Crippen LogP contribution in [0.4, 0.5) is 0 Å². The van der Waals surface area contributed by atoms with Gasteiger partial charge < -0.3 is 20.2 Å². The predicted molar refractivity (Wildman–Crippen MR) is 86.5 cm³/mol. The molecule has 0 aromatic carbocycles. The van der Waals surface area contributed by atoms with Crippen LogP contribution >= 0.6 is 11.3 Å². The van der Waals surface area contributed by atoms with E-state index in [4.69, 9.17) is 9.86 Å². The fourth-order valence-electron chi connectivity index (χ4n) is 2.20. The topological polar surface area (TPSA) is 108 Å². The molecule has 2 heterocycles. The molecule has 2 rings (SSSR count). The number of hydrogen-bond donors (Lipinski definition) is 3. The normalized spacial score (nSPS) is 21.8. The van der Waals surface area contributed by atoms with Gasteiger partial charge in [0.05, 0.1) is 16.9 Å². The van der Waals surface area contributed by atoms with Crippen LogP contribution < -0.4 is 5.32 Å². The Bertz CT molecular complexity index is 617. The molecule has 1 aromatic rings. The van der Waals surface area contributed by atoms with E-state index in [1.165, 1.54) is 18.3 Å². The summed E-state index contributed by atoms with van der Waals surface area (Å²) in [6.07, 6.45) is 3.41. The Balaban J connectivity index is 2.01. The Hall–Kier alpha value is -1.97. The third-order valence-electron chi connectivity index (χ3n) is 3.27. The van der Waals surface area contributed by atoms with Crippen molar-refractivity contribution in [1.82, 2.24) is 5.32 Å². The number of carbonyl (C=O) groups excluding carboxylic acids is 2. The maximum atomic E-state index is 12.2. The van der Waals surface area contributed by atoms with Gasteiger partial charge in [0.25, 0.3) is 5.91 Å². The van der Waals surface area contributed by atoms with Crippen molar-refractivity contribution in [2.45, 2.75) is 31.8 Å². The number of Topliss-reactive ketones (excluding diaryl/α,β-unsaturated/α-hetero) is 1. The molecule has 3 N–H and O–H groups in total. The minimum absolute atomic E-state index is 0.0540. The molecule has 0 saturated carbocycles. The van der Waals surface area contributed by atoms with Crippen LogP contribution in [0.15, 0.2) is 34.8 Å². The number of nitrogens with zero attached hydrogens (tertiary/aromatic N) is 1. The largest absolute Gasteiger partial charge is 0.478 e. The molecule has 0 spiro atoms. The van der Waals surface area contributed by atoms with Crippen molar-refractivity contribution in [3.8, 4) is 0 Å². The third kappa shape index (κ3) is 4.75. The first kappa shape index (κ1) is 17.4. The smallest absolute Gasteiger partial charge is 0.426 e. The Morgan fingerprint density at radius 3 is 2.96 bits per heavy atom. The SMILES string of the molecule is CC(=O)C[C@H]1C=CC[C@H](NC(=O)/C(=N\O)c2cccs2)B(O)O1. The summed E-state index contributed by atoms with van der Waals surface area (Å²) in [7, 11) is -1.26. The lowest BCUT2D eigenvalue weighted by Crippen LogP contribution is -2.50. The van der Waals surface area contributed by atoms with Crippen LogP contribution in [0.2, 0.25) is 0 Å². The summed E-state index contributed by atoms with van der Waals surface area (Å²) >= 11 is 1.26. The Morgan fingerprint density at radius 1 is 1.57 bits per heavy atom. The lowest BCUT2D eigenvalue weighted by molar-refractivity contribution is -0.118. The Kier molecular flexibility index (Phi) is 6.08. The molecule has 0 saturated heterocycles. The van der Waals surface area contributed by atoms with E-state index in [2.05, 4.69) is 10.5 Å². The molecule has 1 aliphatic rings. The summed E-state index contributed by atoms with van der Waals surface area (Å²) in [5.74, 6) is -1.37. The standard InChI is InChI=1S/C14H17BN2O5S/c1-9(18)8-10-4-2-6-12(15(20)22-10)16-14(19)13(17-21)11-5-3-7-23-11/h2-5,7,10,12,20-21H,6,8H2,1H3,(H,16,19)/b17-13-/t10-,12+/m1/s1. The molecule has 7 nitrogen and oxygen atoms in total. The highest BCUT2D eigenvalue weighted by molar-refractivity contribution is 7.13. The second-order valence-corrected chi connectivity index (χ2v) is 6.09. The van der Waals surface area contributed by atoms with Crippen LogP contribution in [-0.4, -0.2) is 46.8 Å². The van der Waals surface area contributed by atoms with Crippen molar-refractivity contribution in [3.05, 3.63) is 34.5 Å². The van der Waals surface area contributed by atoms with Crippen molar-refractivity contribution >= 4 is 35.9 Å². The van der Waals surface area contributed by atoms with Gasteiger partial charge >= 0.3 is 7.12 Å². The summed E-state index contributed by atoms with van der Waals surface area (Å²) in [6, 6.07) is 3.39. The van der Waals surface area contributed by atoms with E-state index >= 15 is 0 Å². The first-order valence-corrected chi connectivity index (χ1v) is 7.95. The van der Waals surface area contributed by atoms with Gasteiger partial charge in [-0.05, 0) is 24.8 Å². The predicted octanol–water partition coefficient (Wildman–Crippen LogP) is 0.755. The van der Waals surface area contributed by atoms with Gasteiger partial charge in [0.1, 0.15) is 5.78 Å². The van der Waals surface area contributed by atoms with Crippen LogP contribution in [-0.2, 0) is 14.2 Å². The zero-order valence-electron chi connectivity index (χ0n) is 12.5. The fourth-order valence-corrected chi connectivity index (χ4v) is 2.91. The fraction of sp³-hybridized carbons (Fsp3) is 0.357. The summed E-state index contributed by atoms with van der Waals surface area (Å²) in [6.45, 7) is 1.44. The number of carbonyl (C=O) groups is 2. The van der Waals surface area contributed by atoms with E-state index in [9.17, 15) is 14.6 Å². The third-order valence-corrected chi connectivity index (χ3v) is 4.15. The van der Waals surface area contributed by atoms with Gasteiger partial charge in [0.2, 0.25) is 0 Å². The quantitative estimate of drug-likeness (QED) is 0.242. The van der Waals surface area contributed by atoms with Crippen LogP contribution in [0.1, 0.15) is 24.6 Å². The molecule has 1 aromatic heterocycles. The van der Waals surface area contributed by atoms with Crippen molar-refractivity contribution in [3.63, 3.8) is 0 Å². The zero-order chi connectivity index (χ0) is 16.8. The van der Waals surface area contributed by atoms with E-state index in [0.29, 0.717) is 11.3 Å². The van der Waals surface area contributed by atoms with Crippen molar-refractivity contribution in [2.24, 2.45) is 5.16 Å². The van der Waals surface area contributed by atoms with E-state index in [0.717, 1.165) is 0 Å². The molecule has 0 bridgehead atoms. The monoisotopic (exact) mass is 336 g/mol. The zero-order valence-corrected chi connectivity index (χ0v) is 13.3. The summed E-state index contributed by atoms with van der Waals surface area (Å²) in [5, 5.41) is 26.5. The lowest BCUT2D eigenvalue weighted by Gasteiger charge is -2.20. The lowest BCUT2D eigenvalue weighted by atomic mass is 9.77. The van der Waals surface area contributed by atoms with E-state index in [1.54, 1.807) is 29.7 Å². The minimum atomic E-state index is -1.26. The molecule has 0 radical (unpaired) electrons. The highest BCUT2D eigenvalue weighted by atomic mass is 32.1. The second-order valence-electron chi connectivity index (χ2n) is 5.14. The molecule has 0 aliphatic carbocycles. The molecular formula is C14H17BN2O5S. The molecule has 0 fully saturated rings. The number of oxime groups is 1. The average Bonchev–Trinajstić information content (AvgIpc) is 2.94. The number of ketones is 1. The molecule has 0 unspecified atom stereocenters. The van der Waals surface area contributed by atoms with Crippen LogP contribution in [0.5, 0.6) is 0 Å².